The molecule has 2 aromatic rings. The average molecular weight is 242 g/mol. The van der Waals surface area contributed by atoms with Crippen LogP contribution in [-0.4, -0.2) is 21.8 Å². The zero-order chi connectivity index (χ0) is 13.1. The lowest BCUT2D eigenvalue weighted by atomic mass is 10.0. The first-order chi connectivity index (χ1) is 8.61. The van der Waals surface area contributed by atoms with Gasteiger partial charge in [0.1, 0.15) is 0 Å². The molecule has 0 amide bonds. The van der Waals surface area contributed by atoms with E-state index in [1.165, 1.54) is 0 Å². The van der Waals surface area contributed by atoms with Crippen molar-refractivity contribution in [3.63, 3.8) is 0 Å². The fraction of sp³-hybridized carbons (Fsp3) is 0.154. The van der Waals surface area contributed by atoms with Crippen LogP contribution in [0.3, 0.4) is 0 Å². The van der Waals surface area contributed by atoms with Gasteiger partial charge in [-0.15, -0.1) is 0 Å². The Bertz CT molecular complexity index is 664. The van der Waals surface area contributed by atoms with E-state index in [-0.39, 0.29) is 18.6 Å². The van der Waals surface area contributed by atoms with Gasteiger partial charge in [0.2, 0.25) is 0 Å². The molecule has 0 bridgehead atoms. The minimum atomic E-state index is -0.991. The second-order valence-electron chi connectivity index (χ2n) is 3.89. The Balaban J connectivity index is 2.32. The van der Waals surface area contributed by atoms with Crippen LogP contribution in [0, 0.1) is 11.3 Å². The van der Waals surface area contributed by atoms with Crippen LogP contribution in [0.1, 0.15) is 28.8 Å². The molecule has 0 saturated carbocycles. The molecule has 0 aliphatic carbocycles. The van der Waals surface area contributed by atoms with Crippen molar-refractivity contribution in [3.8, 4) is 6.07 Å². The van der Waals surface area contributed by atoms with Crippen molar-refractivity contribution >= 4 is 22.7 Å². The zero-order valence-electron chi connectivity index (χ0n) is 9.43. The number of nitrogens with one attached hydrogen (secondary N) is 1. The van der Waals surface area contributed by atoms with Crippen molar-refractivity contribution in [1.82, 2.24) is 4.98 Å². The number of carbonyl (C=O) groups excluding carboxylic acids is 1. The summed E-state index contributed by atoms with van der Waals surface area (Å²) in [5.74, 6) is -1.21. The summed E-state index contributed by atoms with van der Waals surface area (Å²) in [4.78, 5) is 25.2. The topological polar surface area (TPSA) is 93.9 Å². The molecule has 5 heteroatoms. The number of rotatable bonds is 4. The summed E-state index contributed by atoms with van der Waals surface area (Å²) in [6, 6.07) is 6.99. The third-order valence-corrected chi connectivity index (χ3v) is 2.68. The van der Waals surface area contributed by atoms with E-state index in [9.17, 15) is 9.59 Å². The molecule has 18 heavy (non-hydrogen) atoms. The van der Waals surface area contributed by atoms with Crippen LogP contribution in [0.2, 0.25) is 0 Å². The largest absolute Gasteiger partial charge is 0.481 e. The van der Waals surface area contributed by atoms with E-state index in [1.807, 2.05) is 6.07 Å². The normalized spacial score (nSPS) is 10.2. The SMILES string of the molecule is N#Cc1ccc2c(C(=O)CCC(=O)O)c[nH]c2c1. The molecule has 90 valence electrons. The molecular formula is C13H10N2O3. The Morgan fingerprint density at radius 3 is 2.78 bits per heavy atom. The number of H-pyrrole nitrogens is 1. The summed E-state index contributed by atoms with van der Waals surface area (Å²) in [7, 11) is 0. The number of hydrogen-bond donors (Lipinski definition) is 2. The maximum absolute atomic E-state index is 11.8. The Morgan fingerprint density at radius 2 is 2.11 bits per heavy atom. The third-order valence-electron chi connectivity index (χ3n) is 2.68. The highest BCUT2D eigenvalue weighted by Gasteiger charge is 2.13. The number of aromatic amines is 1. The molecular weight excluding hydrogens is 232 g/mol. The van der Waals surface area contributed by atoms with Gasteiger partial charge in [-0.2, -0.15) is 5.26 Å². The zero-order valence-corrected chi connectivity index (χ0v) is 9.43. The lowest BCUT2D eigenvalue weighted by Gasteiger charge is -1.97. The van der Waals surface area contributed by atoms with Gasteiger partial charge < -0.3 is 10.1 Å². The number of hydrogen-bond acceptors (Lipinski definition) is 3. The van der Waals surface area contributed by atoms with E-state index in [0.29, 0.717) is 22.0 Å². The number of ketones is 1. The van der Waals surface area contributed by atoms with E-state index in [1.54, 1.807) is 24.4 Å². The van der Waals surface area contributed by atoms with Gasteiger partial charge in [0.25, 0.3) is 0 Å². The second-order valence-corrected chi connectivity index (χ2v) is 3.89. The lowest BCUT2D eigenvalue weighted by Crippen LogP contribution is -2.03. The number of aliphatic carboxylic acids is 1. The highest BCUT2D eigenvalue weighted by molar-refractivity contribution is 6.08. The summed E-state index contributed by atoms with van der Waals surface area (Å²) in [6.07, 6.45) is 1.35. The molecule has 2 rings (SSSR count). The van der Waals surface area contributed by atoms with Crippen molar-refractivity contribution in [2.24, 2.45) is 0 Å². The van der Waals surface area contributed by atoms with Crippen molar-refractivity contribution in [1.29, 1.82) is 5.26 Å². The highest BCUT2D eigenvalue weighted by atomic mass is 16.4. The average Bonchev–Trinajstić information content (AvgIpc) is 2.78. The van der Waals surface area contributed by atoms with E-state index in [4.69, 9.17) is 10.4 Å². The van der Waals surface area contributed by atoms with Crippen LogP contribution in [-0.2, 0) is 4.79 Å². The van der Waals surface area contributed by atoms with Crippen LogP contribution in [0.25, 0.3) is 10.9 Å². The van der Waals surface area contributed by atoms with Gasteiger partial charge in [-0.25, -0.2) is 0 Å². The quantitative estimate of drug-likeness (QED) is 0.802. The Morgan fingerprint density at radius 1 is 1.33 bits per heavy atom. The molecule has 1 aromatic heterocycles. The number of Topliss-reactive ketones (excluding diaryl/α,β-unsaturated/α-hetero) is 1. The Hall–Kier alpha value is -2.61. The standard InChI is InChI=1S/C13H10N2O3/c14-6-8-1-2-9-10(7-15-11(9)5-8)12(16)3-4-13(17)18/h1-2,5,7,15H,3-4H2,(H,17,18). The molecule has 0 aliphatic rings. The van der Waals surface area contributed by atoms with Gasteiger partial charge in [0.15, 0.2) is 5.78 Å². The number of carboxylic acids is 1. The van der Waals surface area contributed by atoms with Gasteiger partial charge in [-0.1, -0.05) is 6.07 Å². The maximum Gasteiger partial charge on any atom is 0.303 e. The van der Waals surface area contributed by atoms with Gasteiger partial charge in [0.05, 0.1) is 18.1 Å². The van der Waals surface area contributed by atoms with Crippen molar-refractivity contribution in [3.05, 3.63) is 35.5 Å². The Kier molecular flexibility index (Phi) is 3.11. The van der Waals surface area contributed by atoms with Crippen molar-refractivity contribution < 1.29 is 14.7 Å². The van der Waals surface area contributed by atoms with Crippen LogP contribution in [0.5, 0.6) is 0 Å². The first-order valence-corrected chi connectivity index (χ1v) is 5.38. The lowest BCUT2D eigenvalue weighted by molar-refractivity contribution is -0.136. The summed E-state index contributed by atoms with van der Waals surface area (Å²) in [5.41, 5.74) is 1.68. The van der Waals surface area contributed by atoms with Crippen LogP contribution in [0.15, 0.2) is 24.4 Å². The van der Waals surface area contributed by atoms with Gasteiger partial charge in [-0.05, 0) is 12.1 Å². The smallest absolute Gasteiger partial charge is 0.303 e. The van der Waals surface area contributed by atoms with Crippen LogP contribution < -0.4 is 0 Å². The molecule has 0 saturated heterocycles. The maximum atomic E-state index is 11.8. The molecule has 0 fully saturated rings. The highest BCUT2D eigenvalue weighted by Crippen LogP contribution is 2.21. The molecule has 1 aromatic carbocycles. The number of nitrogens with zero attached hydrogens (tertiary/aromatic N) is 1. The monoisotopic (exact) mass is 242 g/mol. The first-order valence-electron chi connectivity index (χ1n) is 5.38. The fourth-order valence-corrected chi connectivity index (χ4v) is 1.78. The van der Waals surface area contributed by atoms with Gasteiger partial charge in [-0.3, -0.25) is 9.59 Å². The van der Waals surface area contributed by atoms with E-state index in [2.05, 4.69) is 4.98 Å². The number of benzene rings is 1. The summed E-state index contributed by atoms with van der Waals surface area (Å²) in [5, 5.41) is 18.0. The van der Waals surface area contributed by atoms with Crippen molar-refractivity contribution in [2.75, 3.05) is 0 Å². The summed E-state index contributed by atoms with van der Waals surface area (Å²) >= 11 is 0. The summed E-state index contributed by atoms with van der Waals surface area (Å²) in [6.45, 7) is 0. The van der Waals surface area contributed by atoms with Gasteiger partial charge >= 0.3 is 5.97 Å². The second kappa shape index (κ2) is 4.72. The number of nitriles is 1. The predicted octanol–water partition coefficient (Wildman–Crippen LogP) is 2.09. The summed E-state index contributed by atoms with van der Waals surface area (Å²) < 4.78 is 0. The molecule has 0 unspecified atom stereocenters. The predicted molar refractivity (Wildman–Crippen MR) is 64.2 cm³/mol. The molecule has 0 atom stereocenters. The van der Waals surface area contributed by atoms with E-state index in [0.717, 1.165) is 0 Å². The van der Waals surface area contributed by atoms with Gasteiger partial charge in [0, 0.05) is 29.1 Å². The fourth-order valence-electron chi connectivity index (χ4n) is 1.78. The molecule has 0 radical (unpaired) electrons. The van der Waals surface area contributed by atoms with Crippen LogP contribution >= 0.6 is 0 Å². The number of carbonyl (C=O) groups is 2. The first kappa shape index (κ1) is 11.9. The van der Waals surface area contributed by atoms with Crippen LogP contribution in [0.4, 0.5) is 0 Å². The molecule has 2 N–H and O–H groups in total. The minimum absolute atomic E-state index is 0.0255. The Labute approximate surface area is 103 Å². The minimum Gasteiger partial charge on any atom is -0.481 e. The number of carboxylic acid groups (broad SMARTS) is 1. The number of aromatic nitrogens is 1. The number of fused-ring (bicyclic) bond motifs is 1. The molecule has 0 aliphatic heterocycles. The van der Waals surface area contributed by atoms with E-state index < -0.39 is 5.97 Å². The molecule has 0 spiro atoms. The van der Waals surface area contributed by atoms with E-state index >= 15 is 0 Å². The molecule has 5 nitrogen and oxygen atoms in total. The third kappa shape index (κ3) is 2.23. The molecule has 1 heterocycles. The van der Waals surface area contributed by atoms with Crippen molar-refractivity contribution in [2.45, 2.75) is 12.8 Å².